The Labute approximate surface area is 434 Å². The van der Waals surface area contributed by atoms with Crippen molar-refractivity contribution in [3.63, 3.8) is 0 Å². The number of furan rings is 1. The fourth-order valence-electron chi connectivity index (χ4n) is 11.9. The van der Waals surface area contributed by atoms with Crippen LogP contribution in [0, 0.1) is 0 Å². The lowest BCUT2D eigenvalue weighted by Gasteiger charge is -2.29. The van der Waals surface area contributed by atoms with Crippen molar-refractivity contribution in [1.82, 2.24) is 4.57 Å². The van der Waals surface area contributed by atoms with Crippen LogP contribution in [0.15, 0.2) is 283 Å². The Morgan fingerprint density at radius 1 is 0.293 bits per heavy atom. The molecular weight excluding hydrogens is 909 g/mol. The molecule has 0 aliphatic rings. The van der Waals surface area contributed by atoms with Crippen LogP contribution in [0.5, 0.6) is 0 Å². The number of aromatic nitrogens is 1. The van der Waals surface area contributed by atoms with E-state index >= 15 is 0 Å². The number of para-hydroxylation sites is 2. The zero-order chi connectivity index (χ0) is 49.4. The van der Waals surface area contributed by atoms with E-state index < -0.39 is 0 Å². The standard InChI is InChI=1S/C72H46N2O/c1-2-18-50(19-3-1)57-41-44-68(71-63-29-11-13-34-69(63)75-72(57)71)73(55-39-37-48(38-40-55)52-23-14-24-53(45-52)54-36-35-47-17-4-5-21-51(47)46-54)66-43-42-59(58-26-8-9-27-60(58)66)61-30-16-33-67-70(61)62-28-10-12-31-65(62)74(67)64-32-15-22-49-20-6-7-25-56(49)64/h1-46H. The molecular formula is C72H46N2O. The molecule has 0 aliphatic heterocycles. The minimum absolute atomic E-state index is 0.856. The number of hydrogen-bond acceptors (Lipinski definition) is 2. The highest BCUT2D eigenvalue weighted by Gasteiger charge is 2.25. The zero-order valence-corrected chi connectivity index (χ0v) is 40.9. The number of fused-ring (bicyclic) bond motifs is 9. The molecule has 0 N–H and O–H groups in total. The summed E-state index contributed by atoms with van der Waals surface area (Å²) in [6.07, 6.45) is 0. The number of rotatable bonds is 8. The van der Waals surface area contributed by atoms with E-state index in [1.54, 1.807) is 0 Å². The summed E-state index contributed by atoms with van der Waals surface area (Å²) in [6.45, 7) is 0. The van der Waals surface area contributed by atoms with E-state index in [2.05, 4.69) is 289 Å². The van der Waals surface area contributed by atoms with Gasteiger partial charge in [0.25, 0.3) is 0 Å². The summed E-state index contributed by atoms with van der Waals surface area (Å²) in [4.78, 5) is 2.45. The molecule has 0 bridgehead atoms. The molecule has 0 atom stereocenters. The lowest BCUT2D eigenvalue weighted by molar-refractivity contribution is 0.670. The van der Waals surface area contributed by atoms with Gasteiger partial charge in [0.1, 0.15) is 11.2 Å². The van der Waals surface area contributed by atoms with Crippen molar-refractivity contribution >= 4 is 93.1 Å². The monoisotopic (exact) mass is 954 g/mol. The van der Waals surface area contributed by atoms with Gasteiger partial charge in [-0.3, -0.25) is 0 Å². The van der Waals surface area contributed by atoms with E-state index in [1.165, 1.54) is 82.2 Å². The summed E-state index contributed by atoms with van der Waals surface area (Å²) in [5.41, 5.74) is 17.7. The third kappa shape index (κ3) is 6.97. The van der Waals surface area contributed by atoms with E-state index in [1.807, 2.05) is 0 Å². The van der Waals surface area contributed by atoms with Crippen LogP contribution >= 0.6 is 0 Å². The largest absolute Gasteiger partial charge is 0.455 e. The molecule has 0 aliphatic carbocycles. The van der Waals surface area contributed by atoms with Crippen molar-refractivity contribution in [2.75, 3.05) is 4.90 Å². The van der Waals surface area contributed by atoms with Crippen molar-refractivity contribution in [1.29, 1.82) is 0 Å². The first-order chi connectivity index (χ1) is 37.2. The van der Waals surface area contributed by atoms with Gasteiger partial charge in [0.2, 0.25) is 0 Å². The predicted molar refractivity (Wildman–Crippen MR) is 317 cm³/mol. The molecule has 3 nitrogen and oxygen atoms in total. The molecule has 75 heavy (non-hydrogen) atoms. The summed E-state index contributed by atoms with van der Waals surface area (Å²) in [6, 6.07) is 101. The topological polar surface area (TPSA) is 21.3 Å². The van der Waals surface area contributed by atoms with E-state index in [0.29, 0.717) is 0 Å². The Bertz CT molecular complexity index is 4710. The van der Waals surface area contributed by atoms with E-state index in [0.717, 1.165) is 61.1 Å². The minimum atomic E-state index is 0.856. The van der Waals surface area contributed by atoms with E-state index in [-0.39, 0.29) is 0 Å². The highest BCUT2D eigenvalue weighted by molar-refractivity contribution is 6.21. The van der Waals surface area contributed by atoms with Crippen LogP contribution in [0.2, 0.25) is 0 Å². The maximum Gasteiger partial charge on any atom is 0.145 e. The van der Waals surface area contributed by atoms with Gasteiger partial charge in [0.15, 0.2) is 0 Å². The van der Waals surface area contributed by atoms with Crippen LogP contribution in [0.3, 0.4) is 0 Å². The highest BCUT2D eigenvalue weighted by atomic mass is 16.3. The quantitative estimate of drug-likeness (QED) is 0.151. The number of anilines is 3. The van der Waals surface area contributed by atoms with Gasteiger partial charge >= 0.3 is 0 Å². The Balaban J connectivity index is 0.936. The number of hydrogen-bond donors (Lipinski definition) is 0. The molecule has 15 aromatic rings. The second-order valence-electron chi connectivity index (χ2n) is 19.6. The summed E-state index contributed by atoms with van der Waals surface area (Å²) in [7, 11) is 0. The van der Waals surface area contributed by atoms with Gasteiger partial charge in [0, 0.05) is 38.2 Å². The maximum atomic E-state index is 6.92. The Kier molecular flexibility index (Phi) is 9.89. The van der Waals surface area contributed by atoms with Gasteiger partial charge in [-0.05, 0) is 127 Å². The molecule has 0 saturated heterocycles. The zero-order valence-electron chi connectivity index (χ0n) is 40.9. The molecule has 0 spiro atoms. The van der Waals surface area contributed by atoms with Gasteiger partial charge in [0.05, 0.1) is 33.5 Å². The third-order valence-corrected chi connectivity index (χ3v) is 15.4. The smallest absolute Gasteiger partial charge is 0.145 e. The highest BCUT2D eigenvalue weighted by Crippen LogP contribution is 2.50. The number of benzene rings is 13. The van der Waals surface area contributed by atoms with Crippen molar-refractivity contribution in [2.45, 2.75) is 0 Å². The number of nitrogens with zero attached hydrogens (tertiary/aromatic N) is 2. The van der Waals surface area contributed by atoms with Crippen molar-refractivity contribution in [2.24, 2.45) is 0 Å². The molecule has 2 heterocycles. The van der Waals surface area contributed by atoms with Crippen molar-refractivity contribution < 1.29 is 4.42 Å². The van der Waals surface area contributed by atoms with Crippen LogP contribution in [0.4, 0.5) is 17.1 Å². The molecule has 13 aromatic carbocycles. The molecule has 3 heteroatoms. The average molecular weight is 955 g/mol. The lowest BCUT2D eigenvalue weighted by Crippen LogP contribution is -2.11. The minimum Gasteiger partial charge on any atom is -0.455 e. The normalized spacial score (nSPS) is 11.7. The van der Waals surface area contributed by atoms with Gasteiger partial charge in [-0.1, -0.05) is 212 Å². The van der Waals surface area contributed by atoms with Gasteiger partial charge < -0.3 is 13.9 Å². The molecule has 2 aromatic heterocycles. The average Bonchev–Trinajstić information content (AvgIpc) is 4.10. The second-order valence-corrected chi connectivity index (χ2v) is 19.6. The Morgan fingerprint density at radius 2 is 0.880 bits per heavy atom. The SMILES string of the molecule is c1ccc(-c2ccc(N(c3ccc(-c4cccc(-c5ccc6ccccc6c5)c4)cc3)c3ccc(-c4cccc5c4c4ccccc4n5-c4cccc5ccccc45)c4ccccc34)c3c2oc2ccccc23)cc1. The van der Waals surface area contributed by atoms with Crippen molar-refractivity contribution in [3.8, 4) is 50.2 Å². The van der Waals surface area contributed by atoms with E-state index in [9.17, 15) is 0 Å². The van der Waals surface area contributed by atoms with Crippen LogP contribution in [-0.2, 0) is 0 Å². The lowest BCUT2D eigenvalue weighted by atomic mass is 9.93. The summed E-state index contributed by atoms with van der Waals surface area (Å²) in [5, 5.41) is 11.8. The second kappa shape index (κ2) is 17.4. The van der Waals surface area contributed by atoms with Gasteiger partial charge in [-0.15, -0.1) is 0 Å². The molecule has 0 unspecified atom stereocenters. The fraction of sp³-hybridized carbons (Fsp3) is 0. The molecule has 15 rings (SSSR count). The summed E-state index contributed by atoms with van der Waals surface area (Å²) >= 11 is 0. The summed E-state index contributed by atoms with van der Waals surface area (Å²) in [5.74, 6) is 0. The predicted octanol–water partition coefficient (Wildman–Crippen LogP) is 20.3. The van der Waals surface area contributed by atoms with E-state index in [4.69, 9.17) is 4.42 Å². The molecule has 0 amide bonds. The van der Waals surface area contributed by atoms with Crippen molar-refractivity contribution in [3.05, 3.63) is 279 Å². The van der Waals surface area contributed by atoms with Crippen LogP contribution < -0.4 is 4.90 Å². The van der Waals surface area contributed by atoms with Crippen LogP contribution in [0.1, 0.15) is 0 Å². The first kappa shape index (κ1) is 42.7. The third-order valence-electron chi connectivity index (χ3n) is 15.4. The van der Waals surface area contributed by atoms with Crippen LogP contribution in [-0.4, -0.2) is 4.57 Å². The van der Waals surface area contributed by atoms with Crippen LogP contribution in [0.25, 0.3) is 126 Å². The summed E-state index contributed by atoms with van der Waals surface area (Å²) < 4.78 is 9.37. The molecule has 0 saturated carbocycles. The molecule has 350 valence electrons. The van der Waals surface area contributed by atoms with Gasteiger partial charge in [-0.2, -0.15) is 0 Å². The molecule has 0 fully saturated rings. The first-order valence-corrected chi connectivity index (χ1v) is 25.7. The molecule has 0 radical (unpaired) electrons. The van der Waals surface area contributed by atoms with Gasteiger partial charge in [-0.25, -0.2) is 0 Å². The fourth-order valence-corrected chi connectivity index (χ4v) is 11.9. The first-order valence-electron chi connectivity index (χ1n) is 25.7. The Hall–Kier alpha value is -9.96. The Morgan fingerprint density at radius 3 is 1.73 bits per heavy atom. The maximum absolute atomic E-state index is 6.92.